The van der Waals surface area contributed by atoms with E-state index < -0.39 is 0 Å². The molecule has 5 nitrogen and oxygen atoms in total. The van der Waals surface area contributed by atoms with Crippen LogP contribution in [0, 0.1) is 11.8 Å². The lowest BCUT2D eigenvalue weighted by Gasteiger charge is -2.41. The number of hydrogen-bond acceptors (Lipinski definition) is 5. The number of benzene rings is 1. The summed E-state index contributed by atoms with van der Waals surface area (Å²) in [6, 6.07) is 11.6. The Hall–Kier alpha value is -2.53. The largest absolute Gasteiger partial charge is 0.497 e. The van der Waals surface area contributed by atoms with Crippen LogP contribution in [0.5, 0.6) is 5.75 Å². The molecule has 1 aliphatic rings. The van der Waals surface area contributed by atoms with Gasteiger partial charge < -0.3 is 13.6 Å². The predicted molar refractivity (Wildman–Crippen MR) is 113 cm³/mol. The van der Waals surface area contributed by atoms with Crippen molar-refractivity contribution in [3.63, 3.8) is 0 Å². The lowest BCUT2D eigenvalue weighted by molar-refractivity contribution is 0.0634. The molecule has 1 aliphatic carbocycles. The van der Waals surface area contributed by atoms with Gasteiger partial charge in [0.1, 0.15) is 17.1 Å². The molecule has 0 N–H and O–H groups in total. The van der Waals surface area contributed by atoms with Gasteiger partial charge in [0, 0.05) is 24.0 Å². The van der Waals surface area contributed by atoms with E-state index >= 15 is 0 Å². The normalized spacial score (nSPS) is 22.3. The van der Waals surface area contributed by atoms with E-state index in [0.717, 1.165) is 35.4 Å². The summed E-state index contributed by atoms with van der Waals surface area (Å²) in [6.07, 6.45) is 5.39. The average molecular weight is 395 g/mol. The minimum absolute atomic E-state index is 0.319. The number of hydrogen-bond donors (Lipinski definition) is 0. The van der Waals surface area contributed by atoms with Gasteiger partial charge in [-0.25, -0.2) is 4.79 Å². The second-order valence-electron chi connectivity index (χ2n) is 8.27. The first-order valence-electron chi connectivity index (χ1n) is 10.4. The number of rotatable bonds is 6. The average Bonchev–Trinajstić information content (AvgIpc) is 3.22. The summed E-state index contributed by atoms with van der Waals surface area (Å²) in [4.78, 5) is 14.7. The third kappa shape index (κ3) is 4.25. The van der Waals surface area contributed by atoms with E-state index in [0.29, 0.717) is 30.0 Å². The van der Waals surface area contributed by atoms with Gasteiger partial charge in [-0.15, -0.1) is 0 Å². The molecule has 4 rings (SSSR count). The molecule has 0 saturated heterocycles. The van der Waals surface area contributed by atoms with Crippen molar-refractivity contribution in [2.45, 2.75) is 52.2 Å². The van der Waals surface area contributed by atoms with Crippen LogP contribution in [0.1, 0.15) is 44.4 Å². The van der Waals surface area contributed by atoms with Crippen LogP contribution in [-0.4, -0.2) is 18.1 Å². The Labute approximate surface area is 171 Å². The molecule has 1 fully saturated rings. The molecule has 0 amide bonds. The third-order valence-electron chi connectivity index (χ3n) is 6.48. The first kappa shape index (κ1) is 19.8. The van der Waals surface area contributed by atoms with Crippen LogP contribution in [0.15, 0.2) is 56.3 Å². The molecule has 2 heterocycles. The highest BCUT2D eigenvalue weighted by Crippen LogP contribution is 2.35. The topological polar surface area (TPSA) is 55.8 Å². The van der Waals surface area contributed by atoms with Crippen LogP contribution in [0.2, 0.25) is 0 Å². The molecule has 0 aliphatic heterocycles. The predicted octanol–water partition coefficient (Wildman–Crippen LogP) is 5.22. The lowest BCUT2D eigenvalue weighted by atomic mass is 9.77. The number of fused-ring (bicyclic) bond motifs is 1. The van der Waals surface area contributed by atoms with E-state index in [9.17, 15) is 4.79 Å². The Bertz CT molecular complexity index is 1010. The minimum Gasteiger partial charge on any atom is -0.497 e. The summed E-state index contributed by atoms with van der Waals surface area (Å²) >= 11 is 0. The van der Waals surface area contributed by atoms with Gasteiger partial charge in [-0.2, -0.15) is 0 Å². The lowest BCUT2D eigenvalue weighted by Crippen LogP contribution is -2.43. The second-order valence-corrected chi connectivity index (χ2v) is 8.27. The van der Waals surface area contributed by atoms with Crippen molar-refractivity contribution >= 4 is 11.0 Å². The van der Waals surface area contributed by atoms with Gasteiger partial charge in [0.2, 0.25) is 0 Å². The molecule has 3 atom stereocenters. The second kappa shape index (κ2) is 8.46. The molecule has 154 valence electrons. The molecule has 2 aromatic heterocycles. The Morgan fingerprint density at radius 3 is 2.76 bits per heavy atom. The maximum Gasteiger partial charge on any atom is 0.336 e. The summed E-state index contributed by atoms with van der Waals surface area (Å²) in [7, 11) is 1.65. The smallest absolute Gasteiger partial charge is 0.336 e. The molecule has 1 aromatic carbocycles. The molecule has 3 aromatic rings. The highest BCUT2D eigenvalue weighted by Gasteiger charge is 2.32. The van der Waals surface area contributed by atoms with Gasteiger partial charge in [0.05, 0.1) is 19.9 Å². The monoisotopic (exact) mass is 395 g/mol. The Morgan fingerprint density at radius 1 is 1.14 bits per heavy atom. The highest BCUT2D eigenvalue weighted by atomic mass is 16.5. The Morgan fingerprint density at radius 2 is 2.00 bits per heavy atom. The van der Waals surface area contributed by atoms with Crippen molar-refractivity contribution in [1.82, 2.24) is 4.90 Å². The fourth-order valence-corrected chi connectivity index (χ4v) is 4.65. The van der Waals surface area contributed by atoms with Crippen LogP contribution in [0.3, 0.4) is 0 Å². The van der Waals surface area contributed by atoms with E-state index in [1.165, 1.54) is 12.8 Å². The van der Waals surface area contributed by atoms with Crippen LogP contribution < -0.4 is 10.4 Å². The molecule has 0 radical (unpaired) electrons. The quantitative estimate of drug-likeness (QED) is 0.536. The number of ether oxygens (including phenoxy) is 1. The van der Waals surface area contributed by atoms with Crippen LogP contribution in [0.25, 0.3) is 11.0 Å². The van der Waals surface area contributed by atoms with Crippen LogP contribution >= 0.6 is 0 Å². The van der Waals surface area contributed by atoms with E-state index in [4.69, 9.17) is 13.6 Å². The zero-order valence-corrected chi connectivity index (χ0v) is 17.4. The maximum absolute atomic E-state index is 12.2. The van der Waals surface area contributed by atoms with E-state index in [-0.39, 0.29) is 5.63 Å². The third-order valence-corrected chi connectivity index (χ3v) is 6.48. The van der Waals surface area contributed by atoms with Gasteiger partial charge in [-0.1, -0.05) is 26.7 Å². The molecule has 0 unspecified atom stereocenters. The molecular formula is C24H29NO4. The zero-order chi connectivity index (χ0) is 20.4. The van der Waals surface area contributed by atoms with Gasteiger partial charge in [-0.05, 0) is 54.2 Å². The molecule has 1 saturated carbocycles. The first-order chi connectivity index (χ1) is 14.0. The Kier molecular flexibility index (Phi) is 5.76. The standard InChI is InChI=1S/C24H29NO4/c1-16-6-4-8-22(17(16)2)25(15-20-7-5-11-28-20)14-18-12-24(26)29-23-10-9-19(27-3)13-21(18)23/h5,7,9-13,16-17,22H,4,6,8,14-15H2,1-3H3/t16-,17-,22+/m0/s1. The van der Waals surface area contributed by atoms with Crippen molar-refractivity contribution in [3.8, 4) is 5.75 Å². The fraction of sp³-hybridized carbons (Fsp3) is 0.458. The highest BCUT2D eigenvalue weighted by molar-refractivity contribution is 5.81. The van der Waals surface area contributed by atoms with E-state index in [1.54, 1.807) is 25.5 Å². The molecular weight excluding hydrogens is 366 g/mol. The number of nitrogens with zero attached hydrogens (tertiary/aromatic N) is 1. The van der Waals surface area contributed by atoms with Crippen LogP contribution in [-0.2, 0) is 13.1 Å². The SMILES string of the molecule is COc1ccc2oc(=O)cc(CN(Cc3ccco3)[C@@H]3CCC[C@H](C)[C@@H]3C)c2c1. The minimum atomic E-state index is -0.319. The summed E-state index contributed by atoms with van der Waals surface area (Å²) in [5, 5.41) is 0.921. The number of methoxy groups -OCH3 is 1. The number of furan rings is 1. The molecule has 5 heteroatoms. The van der Waals surface area contributed by atoms with Crippen LogP contribution in [0.4, 0.5) is 0 Å². The first-order valence-corrected chi connectivity index (χ1v) is 10.4. The van der Waals surface area contributed by atoms with Crippen molar-refractivity contribution in [2.24, 2.45) is 11.8 Å². The summed E-state index contributed by atoms with van der Waals surface area (Å²) < 4.78 is 16.5. The maximum atomic E-state index is 12.2. The fourth-order valence-electron chi connectivity index (χ4n) is 4.65. The summed E-state index contributed by atoms with van der Waals surface area (Å²) in [6.45, 7) is 6.08. The van der Waals surface area contributed by atoms with Gasteiger partial charge in [0.25, 0.3) is 0 Å². The van der Waals surface area contributed by atoms with Gasteiger partial charge in [0.15, 0.2) is 0 Å². The Balaban J connectivity index is 1.72. The van der Waals surface area contributed by atoms with E-state index in [2.05, 4.69) is 18.7 Å². The van der Waals surface area contributed by atoms with Crippen molar-refractivity contribution in [3.05, 3.63) is 64.4 Å². The molecule has 0 spiro atoms. The molecule has 0 bridgehead atoms. The summed E-state index contributed by atoms with van der Waals surface area (Å²) in [5.41, 5.74) is 1.24. The van der Waals surface area contributed by atoms with E-state index in [1.807, 2.05) is 24.3 Å². The molecule has 29 heavy (non-hydrogen) atoms. The van der Waals surface area contributed by atoms with Crippen molar-refractivity contribution in [2.75, 3.05) is 7.11 Å². The summed E-state index contributed by atoms with van der Waals surface area (Å²) in [5.74, 6) is 2.97. The van der Waals surface area contributed by atoms with Crippen molar-refractivity contribution in [1.29, 1.82) is 0 Å². The van der Waals surface area contributed by atoms with Crippen molar-refractivity contribution < 1.29 is 13.6 Å². The van der Waals surface area contributed by atoms with Gasteiger partial charge in [-0.3, -0.25) is 4.90 Å². The zero-order valence-electron chi connectivity index (χ0n) is 17.4. The van der Waals surface area contributed by atoms with Gasteiger partial charge >= 0.3 is 5.63 Å².